The number of nitrogens with zero attached hydrogens (tertiary/aromatic N) is 3. The third-order valence-corrected chi connectivity index (χ3v) is 6.49. The van der Waals surface area contributed by atoms with Crippen molar-refractivity contribution < 1.29 is 23.9 Å². The summed E-state index contributed by atoms with van der Waals surface area (Å²) in [7, 11) is 3.14. The van der Waals surface area contributed by atoms with Crippen LogP contribution in [-0.4, -0.2) is 46.8 Å². The average Bonchev–Trinajstić information content (AvgIpc) is 3.47. The second kappa shape index (κ2) is 9.59. The van der Waals surface area contributed by atoms with Gasteiger partial charge in [0.05, 0.1) is 37.6 Å². The summed E-state index contributed by atoms with van der Waals surface area (Å²) in [6, 6.07) is 13.3. The molecule has 0 saturated heterocycles. The van der Waals surface area contributed by atoms with E-state index >= 15 is 0 Å². The summed E-state index contributed by atoms with van der Waals surface area (Å²) in [4.78, 5) is 48.3. The minimum atomic E-state index is -0.442. The highest BCUT2D eigenvalue weighted by Crippen LogP contribution is 2.35. The molecule has 9 nitrogen and oxygen atoms in total. The molecule has 1 N–H and O–H groups in total. The Hall–Kier alpha value is -4.57. The van der Waals surface area contributed by atoms with E-state index in [0.717, 1.165) is 16.0 Å². The topological polar surface area (TPSA) is 111 Å². The van der Waals surface area contributed by atoms with Crippen LogP contribution in [0.1, 0.15) is 36.6 Å². The van der Waals surface area contributed by atoms with Crippen molar-refractivity contribution in [3.05, 3.63) is 88.6 Å². The van der Waals surface area contributed by atoms with Crippen LogP contribution in [0.2, 0.25) is 0 Å². The van der Waals surface area contributed by atoms with E-state index in [1.54, 1.807) is 62.3 Å². The highest BCUT2D eigenvalue weighted by molar-refractivity contribution is 7.14. The predicted octanol–water partition coefficient (Wildman–Crippen LogP) is 4.27. The molecule has 1 aliphatic heterocycles. The molecule has 5 rings (SSSR count). The summed E-state index contributed by atoms with van der Waals surface area (Å²) in [5, 5.41) is 4.94. The van der Waals surface area contributed by atoms with Crippen LogP contribution in [0.3, 0.4) is 0 Å². The fraction of sp³-hybridized carbons (Fsp3) is 0.115. The van der Waals surface area contributed by atoms with Crippen LogP contribution in [0.25, 0.3) is 11.3 Å². The molecule has 180 valence electrons. The standard InChI is InChI=1S/C26H20N4O5S/c1-34-17-4-6-22(35-2)20(12-17)21-14-36-26(28-21)29-23(31)16-3-5-18-19(11-16)25(33)30(24(18)32)13-15-7-9-27-10-8-15/h3-12,14H,13H2,1-2H3,(H,28,29,31). The number of aromatic nitrogens is 2. The lowest BCUT2D eigenvalue weighted by Gasteiger charge is -2.13. The second-order valence-corrected chi connectivity index (χ2v) is 8.73. The van der Waals surface area contributed by atoms with Crippen LogP contribution in [0.15, 0.2) is 66.3 Å². The first-order valence-electron chi connectivity index (χ1n) is 10.9. The molecule has 36 heavy (non-hydrogen) atoms. The maximum absolute atomic E-state index is 12.9. The van der Waals surface area contributed by atoms with Gasteiger partial charge < -0.3 is 9.47 Å². The number of nitrogens with one attached hydrogen (secondary N) is 1. The van der Waals surface area contributed by atoms with E-state index in [1.165, 1.54) is 29.5 Å². The number of imide groups is 1. The molecule has 1 aliphatic rings. The van der Waals surface area contributed by atoms with Crippen molar-refractivity contribution in [2.24, 2.45) is 0 Å². The highest BCUT2D eigenvalue weighted by atomic mass is 32.1. The van der Waals surface area contributed by atoms with Gasteiger partial charge in [0.2, 0.25) is 0 Å². The van der Waals surface area contributed by atoms with Gasteiger partial charge in [0.1, 0.15) is 11.5 Å². The van der Waals surface area contributed by atoms with E-state index in [1.807, 2.05) is 0 Å². The zero-order chi connectivity index (χ0) is 25.2. The summed E-state index contributed by atoms with van der Waals surface area (Å²) in [5.41, 5.74) is 2.84. The minimum absolute atomic E-state index is 0.131. The van der Waals surface area contributed by atoms with Crippen molar-refractivity contribution in [3.63, 3.8) is 0 Å². The van der Waals surface area contributed by atoms with Crippen LogP contribution in [-0.2, 0) is 6.54 Å². The van der Waals surface area contributed by atoms with Crippen molar-refractivity contribution in [1.82, 2.24) is 14.9 Å². The molecule has 2 aromatic heterocycles. The molecule has 3 heterocycles. The Bertz CT molecular complexity index is 1480. The number of carbonyl (C=O) groups is 3. The van der Waals surface area contributed by atoms with E-state index in [0.29, 0.717) is 22.3 Å². The zero-order valence-corrected chi connectivity index (χ0v) is 20.2. The van der Waals surface area contributed by atoms with Crippen molar-refractivity contribution in [2.45, 2.75) is 6.54 Å². The lowest BCUT2D eigenvalue weighted by atomic mass is 10.1. The molecule has 2 aromatic carbocycles. The number of thiazole rings is 1. The summed E-state index contributed by atoms with van der Waals surface area (Å²) in [6.07, 6.45) is 3.20. The first kappa shape index (κ1) is 23.2. The van der Waals surface area contributed by atoms with Crippen molar-refractivity contribution >= 4 is 34.2 Å². The number of fused-ring (bicyclic) bond motifs is 1. The average molecular weight is 501 g/mol. The van der Waals surface area contributed by atoms with Crippen LogP contribution < -0.4 is 14.8 Å². The Morgan fingerprint density at radius 3 is 2.47 bits per heavy atom. The molecule has 0 saturated carbocycles. The number of amides is 3. The van der Waals surface area contributed by atoms with Crippen LogP contribution >= 0.6 is 11.3 Å². The van der Waals surface area contributed by atoms with Gasteiger partial charge >= 0.3 is 0 Å². The molecule has 0 aliphatic carbocycles. The van der Waals surface area contributed by atoms with E-state index in [-0.39, 0.29) is 23.2 Å². The van der Waals surface area contributed by atoms with Gasteiger partial charge in [-0.05, 0) is 54.1 Å². The van der Waals surface area contributed by atoms with E-state index in [2.05, 4.69) is 15.3 Å². The summed E-state index contributed by atoms with van der Waals surface area (Å²) in [6.45, 7) is 0.131. The normalized spacial score (nSPS) is 12.4. The number of hydrogen-bond acceptors (Lipinski definition) is 8. The van der Waals surface area contributed by atoms with E-state index in [9.17, 15) is 14.4 Å². The zero-order valence-electron chi connectivity index (χ0n) is 19.3. The van der Waals surface area contributed by atoms with Gasteiger partial charge in [0, 0.05) is 28.9 Å². The molecule has 4 aromatic rings. The quantitative estimate of drug-likeness (QED) is 0.377. The SMILES string of the molecule is COc1ccc(OC)c(-c2csc(NC(=O)c3ccc4c(c3)C(=O)N(Cc3ccncc3)C4=O)n2)c1. The number of methoxy groups -OCH3 is 2. The number of benzene rings is 2. The number of pyridine rings is 1. The van der Waals surface area contributed by atoms with E-state index < -0.39 is 17.7 Å². The van der Waals surface area contributed by atoms with Gasteiger partial charge in [-0.1, -0.05) is 0 Å². The lowest BCUT2D eigenvalue weighted by Crippen LogP contribution is -2.29. The Morgan fingerprint density at radius 1 is 0.944 bits per heavy atom. The van der Waals surface area contributed by atoms with Crippen molar-refractivity contribution in [2.75, 3.05) is 19.5 Å². The van der Waals surface area contributed by atoms with Crippen LogP contribution in [0.4, 0.5) is 5.13 Å². The fourth-order valence-corrected chi connectivity index (χ4v) is 4.59. The fourth-order valence-electron chi connectivity index (χ4n) is 3.88. The van der Waals surface area contributed by atoms with Gasteiger partial charge in [-0.2, -0.15) is 0 Å². The monoisotopic (exact) mass is 500 g/mol. The van der Waals surface area contributed by atoms with Crippen molar-refractivity contribution in [1.29, 1.82) is 0 Å². The molecule has 0 spiro atoms. The maximum atomic E-state index is 12.9. The molecule has 0 bridgehead atoms. The lowest BCUT2D eigenvalue weighted by molar-refractivity contribution is 0.0642. The summed E-state index contributed by atoms with van der Waals surface area (Å²) < 4.78 is 10.7. The Labute approximate surface area is 210 Å². The third kappa shape index (κ3) is 4.29. The second-order valence-electron chi connectivity index (χ2n) is 7.87. The summed E-state index contributed by atoms with van der Waals surface area (Å²) in [5.74, 6) is -0.000331. The first-order valence-corrected chi connectivity index (χ1v) is 11.7. The van der Waals surface area contributed by atoms with Crippen LogP contribution in [0, 0.1) is 0 Å². The Kier molecular flexibility index (Phi) is 6.17. The molecule has 0 fully saturated rings. The molecular weight excluding hydrogens is 480 g/mol. The van der Waals surface area contributed by atoms with E-state index in [4.69, 9.17) is 9.47 Å². The summed E-state index contributed by atoms with van der Waals surface area (Å²) >= 11 is 1.25. The number of carbonyl (C=O) groups excluding carboxylic acids is 3. The smallest absolute Gasteiger partial charge is 0.261 e. The van der Waals surface area contributed by atoms with Gasteiger partial charge in [-0.15, -0.1) is 11.3 Å². The maximum Gasteiger partial charge on any atom is 0.261 e. The molecular formula is C26H20N4O5S. The number of ether oxygens (including phenoxy) is 2. The number of rotatable bonds is 7. The minimum Gasteiger partial charge on any atom is -0.497 e. The Morgan fingerprint density at radius 2 is 1.72 bits per heavy atom. The van der Waals surface area contributed by atoms with Gasteiger partial charge in [0.25, 0.3) is 17.7 Å². The molecule has 0 unspecified atom stereocenters. The number of anilines is 1. The third-order valence-electron chi connectivity index (χ3n) is 5.73. The first-order chi connectivity index (χ1) is 17.5. The molecule has 10 heteroatoms. The Balaban J connectivity index is 1.34. The molecule has 0 radical (unpaired) electrons. The van der Waals surface area contributed by atoms with Gasteiger partial charge in [0.15, 0.2) is 5.13 Å². The van der Waals surface area contributed by atoms with Gasteiger partial charge in [-0.3, -0.25) is 29.6 Å². The molecule has 3 amide bonds. The highest BCUT2D eigenvalue weighted by Gasteiger charge is 2.36. The molecule has 0 atom stereocenters. The van der Waals surface area contributed by atoms with Gasteiger partial charge in [-0.25, -0.2) is 4.98 Å². The largest absolute Gasteiger partial charge is 0.497 e. The predicted molar refractivity (Wildman–Crippen MR) is 133 cm³/mol. The van der Waals surface area contributed by atoms with Crippen LogP contribution in [0.5, 0.6) is 11.5 Å². The number of hydrogen-bond donors (Lipinski definition) is 1. The van der Waals surface area contributed by atoms with Crippen molar-refractivity contribution in [3.8, 4) is 22.8 Å².